The van der Waals surface area contributed by atoms with Crippen LogP contribution in [0, 0.1) is 0 Å². The molecule has 1 N–H and O–H groups in total. The number of carbonyl (C=O) groups is 1. The summed E-state index contributed by atoms with van der Waals surface area (Å²) in [5.41, 5.74) is 2.09. The predicted molar refractivity (Wildman–Crippen MR) is 110 cm³/mol. The first-order chi connectivity index (χ1) is 13.6. The van der Waals surface area contributed by atoms with Gasteiger partial charge in [0.25, 0.3) is 0 Å². The molecule has 1 amide bonds. The number of rotatable bonds is 4. The molecule has 28 heavy (non-hydrogen) atoms. The Bertz CT molecular complexity index is 800. The molecule has 1 aliphatic carbocycles. The molecule has 2 unspecified atom stereocenters. The lowest BCUT2D eigenvalue weighted by Crippen LogP contribution is -2.51. The lowest BCUT2D eigenvalue weighted by atomic mass is 9.95. The van der Waals surface area contributed by atoms with E-state index < -0.39 is 6.09 Å². The number of fused-ring (bicyclic) bond motifs is 1. The normalized spacial score (nSPS) is 25.1. The van der Waals surface area contributed by atoms with E-state index in [0.717, 1.165) is 43.6 Å². The molecule has 150 valence electrons. The second-order valence-corrected chi connectivity index (χ2v) is 8.77. The van der Waals surface area contributed by atoms with Crippen LogP contribution in [0.15, 0.2) is 30.3 Å². The number of benzene rings is 1. The fraction of sp³-hybridized carbons (Fsp3) is 0.524. The van der Waals surface area contributed by atoms with Gasteiger partial charge in [0.1, 0.15) is 6.61 Å². The van der Waals surface area contributed by atoms with Gasteiger partial charge in [-0.05, 0) is 38.7 Å². The minimum absolute atomic E-state index is 0.257. The van der Waals surface area contributed by atoms with Crippen molar-refractivity contribution >= 4 is 22.6 Å². The average Bonchev–Trinajstić information content (AvgIpc) is 3.07. The monoisotopic (exact) mass is 401 g/mol. The van der Waals surface area contributed by atoms with Crippen LogP contribution in [-0.4, -0.2) is 47.3 Å². The summed E-state index contributed by atoms with van der Waals surface area (Å²) in [6, 6.07) is 10.2. The topological polar surface area (TPSA) is 63.7 Å². The van der Waals surface area contributed by atoms with E-state index in [-0.39, 0.29) is 18.8 Å². The van der Waals surface area contributed by atoms with E-state index in [1.807, 2.05) is 30.3 Å². The fourth-order valence-electron chi connectivity index (χ4n) is 4.09. The van der Waals surface area contributed by atoms with E-state index in [0.29, 0.717) is 11.2 Å². The molecule has 2 aliphatic rings. The van der Waals surface area contributed by atoms with Gasteiger partial charge in [-0.25, -0.2) is 9.78 Å². The van der Waals surface area contributed by atoms with Crippen LogP contribution in [0.4, 0.5) is 9.93 Å². The Hall–Kier alpha value is -1.96. The zero-order valence-electron chi connectivity index (χ0n) is 16.4. The molecule has 1 aromatic heterocycles. The van der Waals surface area contributed by atoms with Gasteiger partial charge in [-0.3, -0.25) is 10.2 Å². The van der Waals surface area contributed by atoms with Gasteiger partial charge in [-0.1, -0.05) is 30.3 Å². The zero-order valence-corrected chi connectivity index (χ0v) is 17.2. The van der Waals surface area contributed by atoms with Crippen LogP contribution in [-0.2, 0) is 28.9 Å². The number of anilines is 1. The first kappa shape index (κ1) is 19.4. The number of amides is 1. The number of thiazole rings is 1. The lowest BCUT2D eigenvalue weighted by Gasteiger charge is -2.41. The van der Waals surface area contributed by atoms with Crippen molar-refractivity contribution in [2.24, 2.45) is 0 Å². The number of carbonyl (C=O) groups excluding carboxylic acids is 1. The number of ether oxygens (including phenoxy) is 2. The molecular formula is C21H27N3O3S. The van der Waals surface area contributed by atoms with Gasteiger partial charge in [-0.2, -0.15) is 0 Å². The third-order valence-corrected chi connectivity index (χ3v) is 6.34. The molecule has 7 heteroatoms. The maximum Gasteiger partial charge on any atom is 0.413 e. The Kier molecular flexibility index (Phi) is 5.94. The third kappa shape index (κ3) is 4.71. The summed E-state index contributed by atoms with van der Waals surface area (Å²) < 4.78 is 11.2. The van der Waals surface area contributed by atoms with E-state index >= 15 is 0 Å². The van der Waals surface area contributed by atoms with Gasteiger partial charge in [0.15, 0.2) is 5.13 Å². The highest BCUT2D eigenvalue weighted by Gasteiger charge is 2.31. The van der Waals surface area contributed by atoms with Crippen molar-refractivity contribution in [1.82, 2.24) is 9.88 Å². The Labute approximate surface area is 169 Å². The molecule has 4 rings (SSSR count). The average molecular weight is 402 g/mol. The number of nitrogens with zero attached hydrogens (tertiary/aromatic N) is 2. The van der Waals surface area contributed by atoms with Crippen LogP contribution in [0.5, 0.6) is 0 Å². The van der Waals surface area contributed by atoms with Gasteiger partial charge < -0.3 is 9.47 Å². The highest BCUT2D eigenvalue weighted by atomic mass is 32.1. The molecular weight excluding hydrogens is 374 g/mol. The number of nitrogens with one attached hydrogen (secondary N) is 1. The molecule has 0 saturated carbocycles. The van der Waals surface area contributed by atoms with E-state index in [1.165, 1.54) is 4.88 Å². The number of aryl methyl sites for hydroxylation is 1. The van der Waals surface area contributed by atoms with Gasteiger partial charge in [0, 0.05) is 24.0 Å². The van der Waals surface area contributed by atoms with Gasteiger partial charge in [0.05, 0.1) is 17.9 Å². The molecule has 0 bridgehead atoms. The predicted octanol–water partition coefficient (Wildman–Crippen LogP) is 3.86. The van der Waals surface area contributed by atoms with Crippen molar-refractivity contribution in [1.29, 1.82) is 0 Å². The van der Waals surface area contributed by atoms with Crippen LogP contribution < -0.4 is 5.32 Å². The van der Waals surface area contributed by atoms with Crippen LogP contribution in [0.3, 0.4) is 0 Å². The molecule has 6 nitrogen and oxygen atoms in total. The van der Waals surface area contributed by atoms with Gasteiger partial charge in [0.2, 0.25) is 0 Å². The minimum atomic E-state index is -0.456. The Morgan fingerprint density at radius 2 is 2.04 bits per heavy atom. The molecule has 0 spiro atoms. The molecule has 1 aromatic carbocycles. The summed E-state index contributed by atoms with van der Waals surface area (Å²) in [5.74, 6) is 0. The standard InChI is InChI=1S/C21H27N3O3S/c1-14-11-24(12-15(2)27-14)17-8-9-18-19(10-17)28-20(22-18)23-21(25)26-13-16-6-4-3-5-7-16/h3-7,14-15,17H,8-13H2,1-2H3,(H,22,23,25)/t14-,15?,17?/m0/s1. The molecule has 1 fully saturated rings. The van der Waals surface area contributed by atoms with Crippen LogP contribution in [0.1, 0.15) is 36.4 Å². The van der Waals surface area contributed by atoms with Crippen molar-refractivity contribution in [2.45, 2.75) is 58.0 Å². The second-order valence-electron chi connectivity index (χ2n) is 7.68. The van der Waals surface area contributed by atoms with Crippen LogP contribution in [0.25, 0.3) is 0 Å². The van der Waals surface area contributed by atoms with Gasteiger partial charge in [-0.15, -0.1) is 11.3 Å². The Balaban J connectivity index is 1.33. The van der Waals surface area contributed by atoms with Crippen LogP contribution >= 0.6 is 11.3 Å². The summed E-state index contributed by atoms with van der Waals surface area (Å²) in [6.45, 7) is 6.52. The maximum atomic E-state index is 12.1. The SMILES string of the molecule is CC1CN(C2CCc3nc(NC(=O)OCc4ccccc4)sc3C2)C[C@H](C)O1. The van der Waals surface area contributed by atoms with Crippen LogP contribution in [0.2, 0.25) is 0 Å². The van der Waals surface area contributed by atoms with Crippen molar-refractivity contribution < 1.29 is 14.3 Å². The van der Waals surface area contributed by atoms with E-state index in [4.69, 9.17) is 9.47 Å². The summed E-state index contributed by atoms with van der Waals surface area (Å²) in [4.78, 5) is 20.5. The summed E-state index contributed by atoms with van der Waals surface area (Å²) in [7, 11) is 0. The van der Waals surface area contributed by atoms with E-state index in [9.17, 15) is 4.79 Å². The van der Waals surface area contributed by atoms with Crippen molar-refractivity contribution in [2.75, 3.05) is 18.4 Å². The first-order valence-electron chi connectivity index (χ1n) is 9.92. The molecule has 0 radical (unpaired) electrons. The quantitative estimate of drug-likeness (QED) is 0.843. The van der Waals surface area contributed by atoms with E-state index in [1.54, 1.807) is 11.3 Å². The molecule has 1 aliphatic heterocycles. The summed E-state index contributed by atoms with van der Waals surface area (Å²) in [6.07, 6.45) is 3.16. The van der Waals surface area contributed by atoms with Gasteiger partial charge >= 0.3 is 6.09 Å². The van der Waals surface area contributed by atoms with E-state index in [2.05, 4.69) is 29.0 Å². The van der Waals surface area contributed by atoms with Crippen molar-refractivity contribution in [3.8, 4) is 0 Å². The molecule has 3 atom stereocenters. The lowest BCUT2D eigenvalue weighted by molar-refractivity contribution is -0.0815. The summed E-state index contributed by atoms with van der Waals surface area (Å²) in [5, 5.41) is 3.42. The number of hydrogen-bond acceptors (Lipinski definition) is 6. The fourth-order valence-corrected chi connectivity index (χ4v) is 5.15. The number of morpholine rings is 1. The second kappa shape index (κ2) is 8.59. The first-order valence-corrected chi connectivity index (χ1v) is 10.7. The largest absolute Gasteiger partial charge is 0.444 e. The van der Waals surface area contributed by atoms with Crippen molar-refractivity contribution in [3.05, 3.63) is 46.5 Å². The zero-order chi connectivity index (χ0) is 19.5. The highest BCUT2D eigenvalue weighted by Crippen LogP contribution is 2.32. The Morgan fingerprint density at radius 1 is 1.29 bits per heavy atom. The molecule has 1 saturated heterocycles. The third-order valence-electron chi connectivity index (χ3n) is 5.30. The Morgan fingerprint density at radius 3 is 2.79 bits per heavy atom. The van der Waals surface area contributed by atoms with Crippen molar-refractivity contribution in [3.63, 3.8) is 0 Å². The maximum absolute atomic E-state index is 12.1. The smallest absolute Gasteiger partial charge is 0.413 e. The summed E-state index contributed by atoms with van der Waals surface area (Å²) >= 11 is 1.57. The molecule has 2 heterocycles. The highest BCUT2D eigenvalue weighted by molar-refractivity contribution is 7.15. The number of hydrogen-bond donors (Lipinski definition) is 1. The number of aromatic nitrogens is 1. The molecule has 2 aromatic rings. The minimum Gasteiger partial charge on any atom is -0.444 e.